The fourth-order valence-electron chi connectivity index (χ4n) is 9.10. The average molecular weight is 581 g/mol. The number of ketones is 1. The molecule has 0 bridgehead atoms. The van der Waals surface area contributed by atoms with Crippen LogP contribution in [0.25, 0.3) is 0 Å². The van der Waals surface area contributed by atoms with Crippen molar-refractivity contribution in [1.82, 2.24) is 0 Å². The van der Waals surface area contributed by atoms with Crippen molar-refractivity contribution in [2.24, 2.45) is 51.1 Å². The van der Waals surface area contributed by atoms with Crippen LogP contribution in [0.1, 0.15) is 72.6 Å². The Hall–Kier alpha value is -2.13. The standard InChI is InChI=1S/C30H39ClF2N2O5/c1-15(35-11-5-8-29(34,25(32)33)26(38)39)30(40-16(2)36)10-7-19-17-13-23(31)22-14-24(37)18-12-21(18)28(22,4)20(17)6-9-27(19,30)3/h13-14,17-21,25H,5-12,34H2,1-4H3,(H,38,39). The normalized spacial score (nSPS) is 41.6. The lowest BCUT2D eigenvalue weighted by Gasteiger charge is -2.58. The Morgan fingerprint density at radius 1 is 1.23 bits per heavy atom. The molecule has 220 valence electrons. The summed E-state index contributed by atoms with van der Waals surface area (Å²) in [5, 5.41) is 9.85. The predicted molar refractivity (Wildman–Crippen MR) is 146 cm³/mol. The van der Waals surface area contributed by atoms with Crippen molar-refractivity contribution in [3.8, 4) is 0 Å². The molecule has 5 rings (SSSR count). The number of carboxylic acid groups (broad SMARTS) is 1. The first-order valence-corrected chi connectivity index (χ1v) is 14.7. The third-order valence-electron chi connectivity index (χ3n) is 11.4. The van der Waals surface area contributed by atoms with E-state index in [2.05, 4.69) is 24.9 Å². The van der Waals surface area contributed by atoms with E-state index in [0.29, 0.717) is 29.0 Å². The van der Waals surface area contributed by atoms with Crippen molar-refractivity contribution in [1.29, 1.82) is 0 Å². The number of allylic oxidation sites excluding steroid dienone is 4. The molecule has 0 aromatic rings. The number of aliphatic imine (C=N–C) groups is 1. The maximum absolute atomic E-state index is 13.3. The Kier molecular flexibility index (Phi) is 7.13. The van der Waals surface area contributed by atoms with E-state index in [1.54, 1.807) is 6.08 Å². The number of ether oxygens (including phenoxy) is 1. The van der Waals surface area contributed by atoms with Gasteiger partial charge in [0.15, 0.2) is 16.9 Å². The third-order valence-corrected chi connectivity index (χ3v) is 11.7. The Labute approximate surface area is 238 Å². The van der Waals surface area contributed by atoms with Gasteiger partial charge in [0.25, 0.3) is 6.43 Å². The van der Waals surface area contributed by atoms with Gasteiger partial charge < -0.3 is 15.6 Å². The molecule has 3 saturated carbocycles. The molecule has 7 nitrogen and oxygen atoms in total. The molecule has 9 unspecified atom stereocenters. The molecular formula is C30H39ClF2N2O5. The second-order valence-electron chi connectivity index (χ2n) is 13.1. The van der Waals surface area contributed by atoms with E-state index >= 15 is 0 Å². The minimum absolute atomic E-state index is 0.0541. The van der Waals surface area contributed by atoms with Gasteiger partial charge in [-0.3, -0.25) is 14.6 Å². The topological polar surface area (TPSA) is 119 Å². The summed E-state index contributed by atoms with van der Waals surface area (Å²) in [5.74, 6) is -0.896. The quantitative estimate of drug-likeness (QED) is 0.228. The highest BCUT2D eigenvalue weighted by Gasteiger charge is 2.70. The molecule has 40 heavy (non-hydrogen) atoms. The number of nitrogens with zero attached hydrogens (tertiary/aromatic N) is 1. The molecule has 5 aliphatic carbocycles. The summed E-state index contributed by atoms with van der Waals surface area (Å²) >= 11 is 6.89. The molecule has 0 spiro atoms. The van der Waals surface area contributed by atoms with Crippen LogP contribution in [0, 0.1) is 40.4 Å². The summed E-state index contributed by atoms with van der Waals surface area (Å²) in [5.41, 5.74) is 2.88. The van der Waals surface area contributed by atoms with Gasteiger partial charge in [-0.05, 0) is 87.2 Å². The number of carboxylic acids is 1. The molecule has 0 saturated heterocycles. The van der Waals surface area contributed by atoms with Crippen molar-refractivity contribution in [3.63, 3.8) is 0 Å². The smallest absolute Gasteiger partial charge is 0.329 e. The van der Waals surface area contributed by atoms with E-state index < -0.39 is 41.3 Å². The summed E-state index contributed by atoms with van der Waals surface area (Å²) in [4.78, 5) is 41.0. The fraction of sp³-hybridized carbons (Fsp3) is 0.733. The minimum Gasteiger partial charge on any atom is -0.480 e. The Bertz CT molecular complexity index is 1230. The highest BCUT2D eigenvalue weighted by molar-refractivity contribution is 6.32. The summed E-state index contributed by atoms with van der Waals surface area (Å²) in [6.07, 6.45) is 4.31. The lowest BCUT2D eigenvalue weighted by atomic mass is 9.47. The number of aliphatic carboxylic acids is 1. The van der Waals surface area contributed by atoms with Crippen LogP contribution in [0.15, 0.2) is 27.7 Å². The summed E-state index contributed by atoms with van der Waals surface area (Å²) in [6, 6.07) is 0. The zero-order chi connectivity index (χ0) is 29.4. The number of hydrogen-bond acceptors (Lipinski definition) is 6. The molecule has 3 N–H and O–H groups in total. The molecule has 9 atom stereocenters. The zero-order valence-corrected chi connectivity index (χ0v) is 24.3. The van der Waals surface area contributed by atoms with Gasteiger partial charge in [-0.1, -0.05) is 31.5 Å². The first kappa shape index (κ1) is 29.4. The van der Waals surface area contributed by atoms with E-state index in [0.717, 1.165) is 31.3 Å². The lowest BCUT2D eigenvalue weighted by molar-refractivity contribution is -0.165. The van der Waals surface area contributed by atoms with Crippen molar-refractivity contribution >= 4 is 35.0 Å². The van der Waals surface area contributed by atoms with Gasteiger partial charge in [0.2, 0.25) is 0 Å². The first-order valence-electron chi connectivity index (χ1n) is 14.3. The maximum Gasteiger partial charge on any atom is 0.329 e. The second-order valence-corrected chi connectivity index (χ2v) is 13.5. The van der Waals surface area contributed by atoms with Crippen molar-refractivity contribution in [2.45, 2.75) is 90.2 Å². The number of alkyl halides is 2. The minimum atomic E-state index is -3.20. The Balaban J connectivity index is 1.43. The first-order chi connectivity index (χ1) is 18.6. The molecule has 0 aliphatic heterocycles. The van der Waals surface area contributed by atoms with Gasteiger partial charge in [-0.25, -0.2) is 13.6 Å². The number of carbonyl (C=O) groups excluding carboxylic acids is 2. The largest absolute Gasteiger partial charge is 0.480 e. The summed E-state index contributed by atoms with van der Waals surface area (Å²) in [6.45, 7) is 7.73. The number of fused-ring (bicyclic) bond motifs is 7. The van der Waals surface area contributed by atoms with Crippen LogP contribution in [-0.4, -0.2) is 52.7 Å². The second kappa shape index (κ2) is 9.72. The fourth-order valence-corrected chi connectivity index (χ4v) is 9.50. The molecule has 10 heteroatoms. The van der Waals surface area contributed by atoms with Crippen LogP contribution < -0.4 is 5.73 Å². The SMILES string of the molecule is CC(=O)OC1(C(C)=NCCCC(N)(C(=O)O)C(F)F)CCC2C3C=C(Cl)C4=CC(=O)C5CC5C4(C)C3CCC21C. The highest BCUT2D eigenvalue weighted by Crippen LogP contribution is 2.72. The van der Waals surface area contributed by atoms with Gasteiger partial charge >= 0.3 is 11.9 Å². The third kappa shape index (κ3) is 4.04. The van der Waals surface area contributed by atoms with Crippen LogP contribution in [-0.2, 0) is 19.1 Å². The lowest BCUT2D eigenvalue weighted by Crippen LogP contribution is -2.58. The van der Waals surface area contributed by atoms with Gasteiger partial charge in [-0.2, -0.15) is 0 Å². The maximum atomic E-state index is 13.3. The Morgan fingerprint density at radius 3 is 2.52 bits per heavy atom. The molecule has 0 aromatic carbocycles. The summed E-state index contributed by atoms with van der Waals surface area (Å²) < 4.78 is 32.8. The van der Waals surface area contributed by atoms with Crippen LogP contribution in [0.2, 0.25) is 0 Å². The number of esters is 1. The van der Waals surface area contributed by atoms with Gasteiger partial charge in [0, 0.05) is 35.2 Å². The predicted octanol–water partition coefficient (Wildman–Crippen LogP) is 5.31. The van der Waals surface area contributed by atoms with E-state index in [4.69, 9.17) is 22.1 Å². The zero-order valence-electron chi connectivity index (χ0n) is 23.5. The van der Waals surface area contributed by atoms with Gasteiger partial charge in [-0.15, -0.1) is 0 Å². The molecule has 0 amide bonds. The average Bonchev–Trinajstić information content (AvgIpc) is 3.63. The monoisotopic (exact) mass is 580 g/mol. The van der Waals surface area contributed by atoms with E-state index in [1.807, 2.05) is 6.92 Å². The van der Waals surface area contributed by atoms with Crippen molar-refractivity contribution < 1.29 is 33.0 Å². The highest BCUT2D eigenvalue weighted by atomic mass is 35.5. The number of rotatable bonds is 8. The van der Waals surface area contributed by atoms with E-state index in [9.17, 15) is 28.3 Å². The van der Waals surface area contributed by atoms with Crippen molar-refractivity contribution in [2.75, 3.05) is 6.54 Å². The van der Waals surface area contributed by atoms with Gasteiger partial charge in [0.05, 0.1) is 5.71 Å². The molecule has 5 aliphatic rings. The molecular weight excluding hydrogens is 542 g/mol. The number of halogens is 3. The molecule has 3 fully saturated rings. The van der Waals surface area contributed by atoms with Gasteiger partial charge in [0.1, 0.15) is 0 Å². The molecule has 0 heterocycles. The molecule has 0 aromatic heterocycles. The number of nitrogens with two attached hydrogens (primary N) is 1. The number of carbonyl (C=O) groups is 3. The summed E-state index contributed by atoms with van der Waals surface area (Å²) in [7, 11) is 0. The Morgan fingerprint density at radius 2 is 1.90 bits per heavy atom. The van der Waals surface area contributed by atoms with Crippen LogP contribution in [0.3, 0.4) is 0 Å². The van der Waals surface area contributed by atoms with Crippen LogP contribution in [0.4, 0.5) is 8.78 Å². The van der Waals surface area contributed by atoms with E-state index in [-0.39, 0.29) is 41.9 Å². The van der Waals surface area contributed by atoms with Crippen LogP contribution in [0.5, 0.6) is 0 Å². The van der Waals surface area contributed by atoms with E-state index in [1.165, 1.54) is 6.92 Å². The number of hydrogen-bond donors (Lipinski definition) is 2. The van der Waals surface area contributed by atoms with Crippen molar-refractivity contribution in [3.05, 3.63) is 22.8 Å². The van der Waals surface area contributed by atoms with Crippen LogP contribution >= 0.6 is 11.6 Å². The molecule has 0 radical (unpaired) electrons.